The molecular formula is C16H15NO2S. The van der Waals surface area contributed by atoms with Gasteiger partial charge in [0, 0.05) is 9.75 Å². The molecule has 1 aliphatic rings. The first-order chi connectivity index (χ1) is 9.61. The normalized spacial score (nSPS) is 14.0. The van der Waals surface area contributed by atoms with Crippen molar-refractivity contribution in [1.82, 2.24) is 0 Å². The van der Waals surface area contributed by atoms with Gasteiger partial charge in [-0.1, -0.05) is 19.1 Å². The van der Waals surface area contributed by atoms with Crippen molar-refractivity contribution >= 4 is 28.7 Å². The number of Topliss-reactive ketones (excluding diaryl/α,β-unsaturated/α-hetero) is 1. The second kappa shape index (κ2) is 4.87. The van der Waals surface area contributed by atoms with E-state index in [9.17, 15) is 9.59 Å². The predicted molar refractivity (Wildman–Crippen MR) is 80.4 cm³/mol. The third kappa shape index (κ3) is 1.96. The van der Waals surface area contributed by atoms with Gasteiger partial charge in [-0.2, -0.15) is 0 Å². The molecule has 0 radical (unpaired) electrons. The molecule has 0 atom stereocenters. The molecule has 0 N–H and O–H groups in total. The van der Waals surface area contributed by atoms with Gasteiger partial charge in [0.25, 0.3) is 11.7 Å². The summed E-state index contributed by atoms with van der Waals surface area (Å²) in [7, 11) is 0. The molecule has 0 unspecified atom stereocenters. The Labute approximate surface area is 121 Å². The molecule has 0 saturated carbocycles. The van der Waals surface area contributed by atoms with Gasteiger partial charge >= 0.3 is 0 Å². The van der Waals surface area contributed by atoms with Crippen LogP contribution in [-0.2, 0) is 17.8 Å². The van der Waals surface area contributed by atoms with Gasteiger partial charge in [-0.05, 0) is 37.1 Å². The van der Waals surface area contributed by atoms with E-state index in [4.69, 9.17) is 0 Å². The minimum absolute atomic E-state index is 0.393. The van der Waals surface area contributed by atoms with Crippen LogP contribution in [0.2, 0.25) is 0 Å². The molecular weight excluding hydrogens is 270 g/mol. The Balaban J connectivity index is 1.98. The topological polar surface area (TPSA) is 37.4 Å². The van der Waals surface area contributed by atoms with Crippen LogP contribution < -0.4 is 4.90 Å². The van der Waals surface area contributed by atoms with Crippen molar-refractivity contribution in [1.29, 1.82) is 0 Å². The Hall–Kier alpha value is -1.94. The smallest absolute Gasteiger partial charge is 0.299 e. The number of fused-ring (bicyclic) bond motifs is 1. The van der Waals surface area contributed by atoms with Crippen molar-refractivity contribution in [2.45, 2.75) is 26.8 Å². The van der Waals surface area contributed by atoms with E-state index < -0.39 is 11.7 Å². The van der Waals surface area contributed by atoms with Crippen LogP contribution in [0.1, 0.15) is 32.6 Å². The van der Waals surface area contributed by atoms with Gasteiger partial charge < -0.3 is 0 Å². The number of amides is 1. The van der Waals surface area contributed by atoms with Crippen molar-refractivity contribution in [2.24, 2.45) is 0 Å². The van der Waals surface area contributed by atoms with E-state index in [1.165, 1.54) is 4.88 Å². The molecule has 1 aliphatic heterocycles. The summed E-state index contributed by atoms with van der Waals surface area (Å²) in [5, 5.41) is 0. The van der Waals surface area contributed by atoms with Crippen LogP contribution in [0.3, 0.4) is 0 Å². The van der Waals surface area contributed by atoms with Gasteiger partial charge in [-0.3, -0.25) is 14.5 Å². The molecule has 102 valence electrons. The van der Waals surface area contributed by atoms with Gasteiger partial charge in [-0.25, -0.2) is 0 Å². The van der Waals surface area contributed by atoms with Gasteiger partial charge in [0.15, 0.2) is 0 Å². The van der Waals surface area contributed by atoms with Crippen LogP contribution in [0.15, 0.2) is 30.3 Å². The molecule has 0 fully saturated rings. The number of rotatable bonds is 3. The molecule has 20 heavy (non-hydrogen) atoms. The number of benzene rings is 1. The lowest BCUT2D eigenvalue weighted by atomic mass is 10.1. The first-order valence-corrected chi connectivity index (χ1v) is 7.47. The lowest BCUT2D eigenvalue weighted by Crippen LogP contribution is -2.29. The average Bonchev–Trinajstić information content (AvgIpc) is 2.99. The molecule has 1 aromatic heterocycles. The van der Waals surface area contributed by atoms with Crippen LogP contribution in [0.5, 0.6) is 0 Å². The zero-order chi connectivity index (χ0) is 14.3. The third-order valence-electron chi connectivity index (χ3n) is 3.57. The highest BCUT2D eigenvalue weighted by Crippen LogP contribution is 2.34. The molecule has 0 spiro atoms. The van der Waals surface area contributed by atoms with E-state index in [0.29, 0.717) is 12.1 Å². The third-order valence-corrected chi connectivity index (χ3v) is 4.79. The van der Waals surface area contributed by atoms with E-state index in [1.54, 1.807) is 22.3 Å². The highest BCUT2D eigenvalue weighted by atomic mass is 32.1. The number of hydrogen-bond acceptors (Lipinski definition) is 3. The fraction of sp³-hybridized carbons (Fsp3) is 0.250. The molecule has 3 nitrogen and oxygen atoms in total. The number of carbonyl (C=O) groups is 2. The maximum atomic E-state index is 12.2. The first kappa shape index (κ1) is 13.1. The molecule has 0 aliphatic carbocycles. The maximum absolute atomic E-state index is 12.2. The molecule has 2 heterocycles. The van der Waals surface area contributed by atoms with Crippen LogP contribution in [0.4, 0.5) is 5.69 Å². The molecule has 1 amide bonds. The quantitative estimate of drug-likeness (QED) is 0.811. The van der Waals surface area contributed by atoms with E-state index in [-0.39, 0.29) is 0 Å². The minimum atomic E-state index is -0.416. The predicted octanol–water partition coefficient (Wildman–Crippen LogP) is 3.35. The number of hydrogen-bond donors (Lipinski definition) is 0. The maximum Gasteiger partial charge on any atom is 0.299 e. The van der Waals surface area contributed by atoms with Gasteiger partial charge in [-0.15, -0.1) is 11.3 Å². The number of nitrogens with zero attached hydrogens (tertiary/aromatic N) is 1. The van der Waals surface area contributed by atoms with Crippen LogP contribution >= 0.6 is 11.3 Å². The second-order valence-corrected chi connectivity index (χ2v) is 6.17. The standard InChI is InChI=1S/C16H15NO2S/c1-3-11-7-8-12(20-11)9-17-14-10(2)5-4-6-13(14)15(18)16(17)19/h4-8H,3,9H2,1-2H3. The van der Waals surface area contributed by atoms with E-state index in [0.717, 1.165) is 22.5 Å². The number of aryl methyl sites for hydroxylation is 2. The van der Waals surface area contributed by atoms with Crippen molar-refractivity contribution in [3.63, 3.8) is 0 Å². The number of carbonyl (C=O) groups excluding carboxylic acids is 2. The Morgan fingerprint density at radius 3 is 2.55 bits per heavy atom. The van der Waals surface area contributed by atoms with E-state index in [1.807, 2.05) is 25.1 Å². The molecule has 0 bridgehead atoms. The summed E-state index contributed by atoms with van der Waals surface area (Å²) in [6.45, 7) is 4.52. The number of thiophene rings is 1. The fourth-order valence-electron chi connectivity index (χ4n) is 2.54. The zero-order valence-electron chi connectivity index (χ0n) is 11.5. The summed E-state index contributed by atoms with van der Waals surface area (Å²) in [4.78, 5) is 28.2. The number of para-hydroxylation sites is 1. The van der Waals surface area contributed by atoms with Gasteiger partial charge in [0.05, 0.1) is 17.8 Å². The average molecular weight is 285 g/mol. The summed E-state index contributed by atoms with van der Waals surface area (Å²) in [6, 6.07) is 9.61. The van der Waals surface area contributed by atoms with Crippen molar-refractivity contribution in [3.05, 3.63) is 51.2 Å². The Morgan fingerprint density at radius 1 is 1.10 bits per heavy atom. The van der Waals surface area contributed by atoms with Gasteiger partial charge in [0.1, 0.15) is 0 Å². The Bertz CT molecular complexity index is 702. The summed E-state index contributed by atoms with van der Waals surface area (Å²) in [6.07, 6.45) is 0.993. The monoisotopic (exact) mass is 285 g/mol. The number of anilines is 1. The summed E-state index contributed by atoms with van der Waals surface area (Å²) in [5.41, 5.74) is 2.27. The lowest BCUT2D eigenvalue weighted by Gasteiger charge is -2.17. The summed E-state index contributed by atoms with van der Waals surface area (Å²) in [5.74, 6) is -0.809. The van der Waals surface area contributed by atoms with Crippen molar-refractivity contribution in [2.75, 3.05) is 4.90 Å². The minimum Gasteiger partial charge on any atom is -0.299 e. The largest absolute Gasteiger partial charge is 0.299 e. The molecule has 2 aromatic rings. The highest BCUT2D eigenvalue weighted by Gasteiger charge is 2.36. The van der Waals surface area contributed by atoms with E-state index in [2.05, 4.69) is 13.0 Å². The lowest BCUT2D eigenvalue weighted by molar-refractivity contribution is -0.114. The Morgan fingerprint density at radius 2 is 1.85 bits per heavy atom. The fourth-order valence-corrected chi connectivity index (χ4v) is 3.49. The summed E-state index contributed by atoms with van der Waals surface area (Å²) >= 11 is 1.70. The SMILES string of the molecule is CCc1ccc(CN2C(=O)C(=O)c3cccc(C)c32)s1. The molecule has 4 heteroatoms. The van der Waals surface area contributed by atoms with Crippen LogP contribution in [-0.4, -0.2) is 11.7 Å². The highest BCUT2D eigenvalue weighted by molar-refractivity contribution is 7.12. The van der Waals surface area contributed by atoms with Gasteiger partial charge in [0.2, 0.25) is 0 Å². The van der Waals surface area contributed by atoms with Crippen LogP contribution in [0, 0.1) is 6.92 Å². The van der Waals surface area contributed by atoms with E-state index >= 15 is 0 Å². The number of ketones is 1. The zero-order valence-corrected chi connectivity index (χ0v) is 12.3. The Kier molecular flexibility index (Phi) is 3.18. The van der Waals surface area contributed by atoms with Crippen molar-refractivity contribution < 1.29 is 9.59 Å². The molecule has 1 aromatic carbocycles. The molecule has 3 rings (SSSR count). The first-order valence-electron chi connectivity index (χ1n) is 6.65. The summed E-state index contributed by atoms with van der Waals surface area (Å²) < 4.78 is 0. The van der Waals surface area contributed by atoms with Crippen molar-refractivity contribution in [3.8, 4) is 0 Å². The molecule has 0 saturated heterocycles. The second-order valence-electron chi connectivity index (χ2n) is 4.91. The van der Waals surface area contributed by atoms with Crippen LogP contribution in [0.25, 0.3) is 0 Å².